The van der Waals surface area contributed by atoms with Gasteiger partial charge in [0.2, 0.25) is 0 Å². The number of rotatable bonds is 5. The van der Waals surface area contributed by atoms with E-state index < -0.39 is 18.0 Å². The molecule has 0 spiro atoms. The molecule has 0 bridgehead atoms. The maximum Gasteiger partial charge on any atom is 0.338 e. The molecule has 1 aliphatic heterocycles. The van der Waals surface area contributed by atoms with Crippen LogP contribution in [0.5, 0.6) is 0 Å². The van der Waals surface area contributed by atoms with Crippen LogP contribution in [0.15, 0.2) is 48.5 Å². The van der Waals surface area contributed by atoms with Crippen LogP contribution in [0.25, 0.3) is 0 Å². The highest BCUT2D eigenvalue weighted by molar-refractivity contribution is 8.19. The fourth-order valence-electron chi connectivity index (χ4n) is 2.53. The molecule has 0 aromatic heterocycles. The number of esters is 1. The molecular weight excluding hydrogens is 380 g/mol. The third-order valence-electron chi connectivity index (χ3n) is 4.00. The van der Waals surface area contributed by atoms with Gasteiger partial charge in [-0.2, -0.15) is 5.26 Å². The number of ether oxygens (including phenoxy) is 1. The van der Waals surface area contributed by atoms with Gasteiger partial charge in [-0.3, -0.25) is 4.79 Å². The van der Waals surface area contributed by atoms with Crippen LogP contribution < -0.4 is 5.32 Å². The lowest BCUT2D eigenvalue weighted by atomic mass is 10.1. The second kappa shape index (κ2) is 8.98. The molecule has 1 fully saturated rings. The normalized spacial score (nSPS) is 15.0. The molecule has 1 atom stereocenters. The lowest BCUT2D eigenvalue weighted by molar-refractivity contribution is -0.123. The van der Waals surface area contributed by atoms with Crippen molar-refractivity contribution in [2.45, 2.75) is 17.6 Å². The molecule has 1 heterocycles. The molecule has 3 rings (SSSR count). The molecule has 7 heteroatoms. The number of carbonyl (C=O) groups excluding carboxylic acids is 2. The number of anilines is 1. The van der Waals surface area contributed by atoms with Gasteiger partial charge in [-0.15, -0.1) is 23.5 Å². The van der Waals surface area contributed by atoms with E-state index in [1.54, 1.807) is 36.4 Å². The van der Waals surface area contributed by atoms with Crippen LogP contribution in [0.2, 0.25) is 0 Å². The number of hydrogen-bond donors (Lipinski definition) is 1. The number of amides is 1. The molecule has 1 amide bonds. The summed E-state index contributed by atoms with van der Waals surface area (Å²) >= 11 is 3.80. The van der Waals surface area contributed by atoms with Crippen LogP contribution >= 0.6 is 23.5 Å². The molecule has 2 aromatic carbocycles. The van der Waals surface area contributed by atoms with Crippen LogP contribution in [0.4, 0.5) is 5.69 Å². The van der Waals surface area contributed by atoms with E-state index in [9.17, 15) is 9.59 Å². The van der Waals surface area contributed by atoms with Crippen molar-refractivity contribution in [2.24, 2.45) is 0 Å². The van der Waals surface area contributed by atoms with Crippen molar-refractivity contribution >= 4 is 41.1 Å². The number of nitriles is 1. The minimum atomic E-state index is -0.982. The van der Waals surface area contributed by atoms with E-state index in [0.29, 0.717) is 21.4 Å². The highest BCUT2D eigenvalue weighted by atomic mass is 32.2. The Morgan fingerprint density at radius 3 is 2.48 bits per heavy atom. The van der Waals surface area contributed by atoms with Crippen molar-refractivity contribution in [1.29, 1.82) is 5.26 Å². The summed E-state index contributed by atoms with van der Waals surface area (Å²) in [5.41, 5.74) is 2.33. The molecule has 5 nitrogen and oxygen atoms in total. The first kappa shape index (κ1) is 19.3. The van der Waals surface area contributed by atoms with Crippen LogP contribution in [0.1, 0.15) is 33.0 Å². The third kappa shape index (κ3) is 4.85. The Labute approximate surface area is 166 Å². The lowest BCUT2D eigenvalue weighted by Crippen LogP contribution is -2.30. The summed E-state index contributed by atoms with van der Waals surface area (Å²) < 4.78 is 5.68. The molecule has 0 unspecified atom stereocenters. The quantitative estimate of drug-likeness (QED) is 0.760. The second-order valence-electron chi connectivity index (χ2n) is 5.89. The van der Waals surface area contributed by atoms with Gasteiger partial charge in [0.05, 0.1) is 21.4 Å². The van der Waals surface area contributed by atoms with Crippen molar-refractivity contribution in [2.75, 3.05) is 16.8 Å². The SMILES string of the molecule is C[C@@H](OC(=O)c1ccc(C2SCCS2)cc1)C(=O)Nc1ccccc1C#N. The number of benzene rings is 2. The highest BCUT2D eigenvalue weighted by Crippen LogP contribution is 2.45. The summed E-state index contributed by atoms with van der Waals surface area (Å²) in [5.74, 6) is 1.24. The molecule has 1 N–H and O–H groups in total. The smallest absolute Gasteiger partial charge is 0.338 e. The van der Waals surface area contributed by atoms with Crippen LogP contribution in [-0.4, -0.2) is 29.5 Å². The summed E-state index contributed by atoms with van der Waals surface area (Å²) in [6.07, 6.45) is -0.982. The van der Waals surface area contributed by atoms with Gasteiger partial charge in [0.25, 0.3) is 5.91 Å². The van der Waals surface area contributed by atoms with E-state index in [4.69, 9.17) is 10.00 Å². The molecule has 1 aliphatic rings. The number of para-hydroxylation sites is 1. The topological polar surface area (TPSA) is 79.2 Å². The Kier molecular flexibility index (Phi) is 6.43. The molecule has 138 valence electrons. The molecule has 2 aromatic rings. The predicted molar refractivity (Wildman–Crippen MR) is 109 cm³/mol. The number of nitrogens with one attached hydrogen (secondary N) is 1. The zero-order valence-electron chi connectivity index (χ0n) is 14.7. The van der Waals surface area contributed by atoms with Crippen molar-refractivity contribution in [3.63, 3.8) is 0 Å². The van der Waals surface area contributed by atoms with Crippen molar-refractivity contribution in [3.8, 4) is 6.07 Å². The molecule has 0 radical (unpaired) electrons. The Balaban J connectivity index is 1.59. The minimum absolute atomic E-state index is 0.350. The van der Waals surface area contributed by atoms with E-state index in [-0.39, 0.29) is 0 Å². The number of carbonyl (C=O) groups is 2. The minimum Gasteiger partial charge on any atom is -0.449 e. The lowest BCUT2D eigenvalue weighted by Gasteiger charge is -2.14. The standard InChI is InChI=1S/C20H18N2O3S2/c1-13(18(23)22-17-5-3-2-4-16(17)12-21)25-19(24)14-6-8-15(9-7-14)20-26-10-11-27-20/h2-9,13,20H,10-11H2,1H3,(H,22,23)/t13-/m1/s1. The molecule has 1 saturated heterocycles. The van der Waals surface area contributed by atoms with Crippen LogP contribution in [-0.2, 0) is 9.53 Å². The largest absolute Gasteiger partial charge is 0.449 e. The van der Waals surface area contributed by atoms with E-state index >= 15 is 0 Å². The maximum absolute atomic E-state index is 12.3. The van der Waals surface area contributed by atoms with E-state index in [2.05, 4.69) is 5.32 Å². The van der Waals surface area contributed by atoms with E-state index in [1.165, 1.54) is 12.5 Å². The van der Waals surface area contributed by atoms with Crippen LogP contribution in [0, 0.1) is 11.3 Å². The summed E-state index contributed by atoms with van der Waals surface area (Å²) in [7, 11) is 0. The maximum atomic E-state index is 12.3. The van der Waals surface area contributed by atoms with Crippen molar-refractivity contribution in [1.82, 2.24) is 0 Å². The first-order valence-electron chi connectivity index (χ1n) is 8.42. The van der Waals surface area contributed by atoms with E-state index in [0.717, 1.165) is 11.5 Å². The summed E-state index contributed by atoms with van der Waals surface area (Å²) in [6.45, 7) is 1.50. The average molecular weight is 399 g/mol. The fourth-order valence-corrected chi connectivity index (χ4v) is 5.39. The Morgan fingerprint density at radius 1 is 1.15 bits per heavy atom. The number of hydrogen-bond acceptors (Lipinski definition) is 6. The second-order valence-corrected chi connectivity index (χ2v) is 8.61. The molecule has 0 aliphatic carbocycles. The number of nitrogens with zero attached hydrogens (tertiary/aromatic N) is 1. The van der Waals surface area contributed by atoms with Gasteiger partial charge in [-0.05, 0) is 36.8 Å². The summed E-state index contributed by atoms with van der Waals surface area (Å²) in [5, 5.41) is 11.7. The van der Waals surface area contributed by atoms with Gasteiger partial charge >= 0.3 is 5.97 Å². The third-order valence-corrected chi connectivity index (χ3v) is 7.10. The average Bonchev–Trinajstić information content (AvgIpc) is 3.23. The van der Waals surface area contributed by atoms with Crippen molar-refractivity contribution < 1.29 is 14.3 Å². The van der Waals surface area contributed by atoms with Crippen molar-refractivity contribution in [3.05, 3.63) is 65.2 Å². The predicted octanol–water partition coefficient (Wildman–Crippen LogP) is 4.22. The Bertz CT molecular complexity index is 872. The molecule has 27 heavy (non-hydrogen) atoms. The number of thioether (sulfide) groups is 2. The van der Waals surface area contributed by atoms with Crippen LogP contribution in [0.3, 0.4) is 0 Å². The first-order chi connectivity index (χ1) is 13.1. The highest BCUT2D eigenvalue weighted by Gasteiger charge is 2.21. The van der Waals surface area contributed by atoms with Gasteiger partial charge < -0.3 is 10.1 Å². The fraction of sp³-hybridized carbons (Fsp3) is 0.250. The van der Waals surface area contributed by atoms with Gasteiger partial charge in [0, 0.05) is 11.5 Å². The molecular formula is C20H18N2O3S2. The first-order valence-corrected chi connectivity index (χ1v) is 10.5. The molecule has 0 saturated carbocycles. The van der Waals surface area contributed by atoms with Gasteiger partial charge in [0.15, 0.2) is 6.10 Å². The zero-order chi connectivity index (χ0) is 19.2. The Hall–Kier alpha value is -2.43. The zero-order valence-corrected chi connectivity index (χ0v) is 16.3. The van der Waals surface area contributed by atoms with Gasteiger partial charge in [-0.25, -0.2) is 4.79 Å². The monoisotopic (exact) mass is 398 g/mol. The Morgan fingerprint density at radius 2 is 1.81 bits per heavy atom. The van der Waals surface area contributed by atoms with E-state index in [1.807, 2.05) is 41.7 Å². The summed E-state index contributed by atoms with van der Waals surface area (Å²) in [6, 6.07) is 16.0. The summed E-state index contributed by atoms with van der Waals surface area (Å²) in [4.78, 5) is 24.6. The van der Waals surface area contributed by atoms with Gasteiger partial charge in [-0.1, -0.05) is 24.3 Å². The van der Waals surface area contributed by atoms with Gasteiger partial charge in [0.1, 0.15) is 6.07 Å².